The van der Waals surface area contributed by atoms with Crippen molar-refractivity contribution in [2.75, 3.05) is 0 Å². The molecule has 0 saturated heterocycles. The molecule has 212 valence electrons. The number of carboxylic acid groups (broad SMARTS) is 2. The van der Waals surface area contributed by atoms with Gasteiger partial charge in [0.05, 0.1) is 32.3 Å². The average Bonchev–Trinajstić information content (AvgIpc) is 3.40. The van der Waals surface area contributed by atoms with E-state index in [2.05, 4.69) is 15.8 Å². The first-order valence-corrected chi connectivity index (χ1v) is 13.8. The summed E-state index contributed by atoms with van der Waals surface area (Å²) in [5, 5.41) is 32.2. The molecule has 17 heteroatoms. The number of aromatic carboxylic acids is 2. The molecule has 0 aliphatic heterocycles. The molecule has 0 atom stereocenters. The Morgan fingerprint density at radius 1 is 0.780 bits per heavy atom. The largest absolute Gasteiger partial charge is 0.505 e. The summed E-state index contributed by atoms with van der Waals surface area (Å²) in [7, 11) is -9.01. The number of nitrogens with zero attached hydrogens (tertiary/aromatic N) is 1. The van der Waals surface area contributed by atoms with Gasteiger partial charge in [-0.2, -0.15) is 16.8 Å². The number of hydrogen-bond acceptors (Lipinski definition) is 8. The third-order valence-corrected chi connectivity index (χ3v) is 7.39. The first kappa shape index (κ1) is 28.8. The van der Waals surface area contributed by atoms with E-state index in [0.717, 1.165) is 53.2 Å². The summed E-state index contributed by atoms with van der Waals surface area (Å²) in [6.45, 7) is 0. The number of rotatable bonds is 8. The summed E-state index contributed by atoms with van der Waals surface area (Å²) in [5.74, 6) is -3.64. The molecule has 0 saturated carbocycles. The summed E-state index contributed by atoms with van der Waals surface area (Å²) in [6.07, 6.45) is 1.89. The molecule has 0 radical (unpaired) electrons. The van der Waals surface area contributed by atoms with Gasteiger partial charge in [0.2, 0.25) is 0 Å². The predicted molar refractivity (Wildman–Crippen MR) is 140 cm³/mol. The molecule has 0 aliphatic carbocycles. The second kappa shape index (κ2) is 10.4. The molecule has 0 fully saturated rings. The van der Waals surface area contributed by atoms with Crippen LogP contribution in [0, 0.1) is 0 Å². The number of aromatic nitrogens is 3. The Balaban J connectivity index is 1.78. The van der Waals surface area contributed by atoms with Crippen molar-refractivity contribution in [2.45, 2.75) is 9.79 Å². The van der Waals surface area contributed by atoms with Crippen LogP contribution in [0.2, 0.25) is 0 Å². The van der Waals surface area contributed by atoms with Crippen LogP contribution >= 0.6 is 0 Å². The third kappa shape index (κ3) is 5.74. The monoisotopic (exact) mass is 603 g/mol. The maximum Gasteiger partial charge on any atom is 0.354 e. The van der Waals surface area contributed by atoms with Crippen molar-refractivity contribution in [3.05, 3.63) is 87.1 Å². The van der Waals surface area contributed by atoms with Crippen LogP contribution < -0.4 is 5.56 Å². The van der Waals surface area contributed by atoms with E-state index in [9.17, 15) is 46.5 Å². The van der Waals surface area contributed by atoms with Crippen LogP contribution in [0.25, 0.3) is 29.1 Å². The van der Waals surface area contributed by atoms with E-state index in [1.807, 2.05) is 0 Å². The number of hydrogen-bond donors (Lipinski definition) is 7. The molecule has 0 spiro atoms. The molecule has 2 aromatic carbocycles. The van der Waals surface area contributed by atoms with Crippen molar-refractivity contribution in [2.24, 2.45) is 0 Å². The topological polar surface area (TPSA) is 257 Å². The molecule has 2 heterocycles. The fourth-order valence-electron chi connectivity index (χ4n) is 3.72. The van der Waals surface area contributed by atoms with Gasteiger partial charge in [-0.3, -0.25) is 19.0 Å². The zero-order chi connectivity index (χ0) is 30.3. The van der Waals surface area contributed by atoms with Crippen LogP contribution in [-0.4, -0.2) is 68.0 Å². The van der Waals surface area contributed by atoms with Crippen LogP contribution in [0.15, 0.2) is 68.8 Å². The number of nitrogens with one attached hydrogen (secondary N) is 2. The van der Waals surface area contributed by atoms with Crippen LogP contribution in [0.5, 0.6) is 5.75 Å². The Labute approximate surface area is 229 Å². The van der Waals surface area contributed by atoms with Gasteiger partial charge in [0.25, 0.3) is 25.8 Å². The highest BCUT2D eigenvalue weighted by molar-refractivity contribution is 7.86. The van der Waals surface area contributed by atoms with Crippen LogP contribution in [-0.2, 0) is 20.2 Å². The average molecular weight is 604 g/mol. The van der Waals surface area contributed by atoms with Crippen molar-refractivity contribution in [1.82, 2.24) is 14.8 Å². The Kier molecular flexibility index (Phi) is 7.32. The Morgan fingerprint density at radius 2 is 1.27 bits per heavy atom. The van der Waals surface area contributed by atoms with Crippen molar-refractivity contribution in [1.29, 1.82) is 0 Å². The normalized spacial score (nSPS) is 11.6. The van der Waals surface area contributed by atoms with E-state index >= 15 is 0 Å². The van der Waals surface area contributed by atoms with Gasteiger partial charge in [-0.1, -0.05) is 12.1 Å². The van der Waals surface area contributed by atoms with Crippen molar-refractivity contribution >= 4 is 44.3 Å². The molecule has 4 aromatic rings. The van der Waals surface area contributed by atoms with Crippen LogP contribution in [0.1, 0.15) is 32.1 Å². The molecule has 0 bridgehead atoms. The lowest BCUT2D eigenvalue weighted by atomic mass is 10.1. The van der Waals surface area contributed by atoms with Crippen molar-refractivity contribution in [3.63, 3.8) is 0 Å². The van der Waals surface area contributed by atoms with Crippen LogP contribution in [0.3, 0.4) is 0 Å². The van der Waals surface area contributed by atoms with Crippen molar-refractivity contribution in [3.8, 4) is 22.7 Å². The highest BCUT2D eigenvalue weighted by Crippen LogP contribution is 2.35. The van der Waals surface area contributed by atoms with E-state index in [4.69, 9.17) is 9.11 Å². The zero-order valence-electron chi connectivity index (χ0n) is 20.1. The lowest BCUT2D eigenvalue weighted by molar-refractivity contribution is 0.0679. The first-order valence-electron chi connectivity index (χ1n) is 10.9. The molecule has 0 unspecified atom stereocenters. The van der Waals surface area contributed by atoms with Gasteiger partial charge in [-0.25, -0.2) is 14.3 Å². The van der Waals surface area contributed by atoms with Gasteiger partial charge < -0.3 is 20.3 Å². The molecular weight excluding hydrogens is 586 g/mol. The SMILES string of the molecule is O=C(O)c1[nH]c(-c2ccc(S(=O)(=O)O)cc2)c(O)c1C=C=Cc1c(C(=O)O)[nH]n(-c2ccc(S(=O)(=O)O)cc2)c1=O. The number of aromatic hydroxyl groups is 1. The van der Waals surface area contributed by atoms with Crippen molar-refractivity contribution < 1.29 is 50.8 Å². The summed E-state index contributed by atoms with van der Waals surface area (Å²) in [6, 6.07) is 8.71. The molecule has 4 rings (SSSR count). The maximum atomic E-state index is 13.0. The fraction of sp³-hybridized carbons (Fsp3) is 0. The summed E-state index contributed by atoms with van der Waals surface area (Å²) in [5.41, 5.74) is -0.230. The molecule has 2 aromatic heterocycles. The lowest BCUT2D eigenvalue weighted by Gasteiger charge is -2.02. The second-order valence-electron chi connectivity index (χ2n) is 8.21. The first-order chi connectivity index (χ1) is 19.1. The fourth-order valence-corrected chi connectivity index (χ4v) is 4.68. The molecule has 7 N–H and O–H groups in total. The van der Waals surface area contributed by atoms with Gasteiger partial charge in [0.15, 0.2) is 5.69 Å². The van der Waals surface area contributed by atoms with Gasteiger partial charge >= 0.3 is 11.9 Å². The minimum Gasteiger partial charge on any atom is -0.505 e. The summed E-state index contributed by atoms with van der Waals surface area (Å²) in [4.78, 5) is 38.1. The third-order valence-electron chi connectivity index (χ3n) is 5.65. The van der Waals surface area contributed by atoms with E-state index in [1.54, 1.807) is 0 Å². The van der Waals surface area contributed by atoms with Gasteiger partial charge in [-0.05, 0) is 48.6 Å². The number of carboxylic acids is 2. The highest BCUT2D eigenvalue weighted by atomic mass is 32.2. The van der Waals surface area contributed by atoms with E-state index < -0.39 is 70.2 Å². The van der Waals surface area contributed by atoms with E-state index in [-0.39, 0.29) is 22.5 Å². The Bertz CT molecular complexity index is 2040. The maximum absolute atomic E-state index is 13.0. The highest BCUT2D eigenvalue weighted by Gasteiger charge is 2.22. The predicted octanol–water partition coefficient (Wildman–Crippen LogP) is 2.08. The minimum atomic E-state index is -4.51. The second-order valence-corrected chi connectivity index (χ2v) is 11.1. The van der Waals surface area contributed by atoms with E-state index in [1.165, 1.54) is 12.1 Å². The Morgan fingerprint density at radius 3 is 1.76 bits per heavy atom. The smallest absolute Gasteiger partial charge is 0.354 e. The molecule has 15 nitrogen and oxygen atoms in total. The number of aromatic amines is 2. The minimum absolute atomic E-state index is 0.0228. The molecule has 0 aliphatic rings. The number of carbonyl (C=O) groups is 2. The number of H-pyrrole nitrogens is 2. The number of benzene rings is 2. The molecule has 0 amide bonds. The quantitative estimate of drug-likeness (QED) is 0.113. The van der Waals surface area contributed by atoms with Gasteiger partial charge in [-0.15, -0.1) is 5.73 Å². The summed E-state index contributed by atoms with van der Waals surface area (Å²) >= 11 is 0. The van der Waals surface area contributed by atoms with Crippen LogP contribution in [0.4, 0.5) is 0 Å². The standard InChI is InChI=1S/C24H17N3O12S2/c28-21-16(19(23(30)31)25-18(21)12-4-8-14(9-5-12)40(34,35)36)2-1-3-17-20(24(32)33)26-27(22(17)29)13-6-10-15(11-7-13)41(37,38)39/h2-11,25-26,28H,(H,30,31)(H,32,33)(H,34,35,36)(H,37,38,39). The molecular formula is C24H17N3O12S2. The summed E-state index contributed by atoms with van der Waals surface area (Å²) < 4.78 is 64.0. The lowest BCUT2D eigenvalue weighted by Crippen LogP contribution is -2.15. The zero-order valence-corrected chi connectivity index (χ0v) is 21.8. The van der Waals surface area contributed by atoms with Gasteiger partial charge in [0.1, 0.15) is 11.4 Å². The van der Waals surface area contributed by atoms with Gasteiger partial charge in [0, 0.05) is 5.56 Å². The van der Waals surface area contributed by atoms with E-state index in [0.29, 0.717) is 0 Å². The Hall–Kier alpha value is -5.19. The molecule has 41 heavy (non-hydrogen) atoms.